The molecule has 0 spiro atoms. The number of aliphatic hydroxyl groups is 3. The summed E-state index contributed by atoms with van der Waals surface area (Å²) < 4.78 is 0. The summed E-state index contributed by atoms with van der Waals surface area (Å²) in [6, 6.07) is 0.000548. The summed E-state index contributed by atoms with van der Waals surface area (Å²) in [4.78, 5) is 2.18. The van der Waals surface area contributed by atoms with E-state index in [1.54, 1.807) is 0 Å². The Hall–Kier alpha value is -0.160. The van der Waals surface area contributed by atoms with Gasteiger partial charge >= 0.3 is 0 Å². The average molecular weight is 315 g/mol. The van der Waals surface area contributed by atoms with Crippen LogP contribution in [0.15, 0.2) is 0 Å². The molecule has 4 heteroatoms. The molecule has 4 atom stereocenters. The quantitative estimate of drug-likeness (QED) is 0.513. The van der Waals surface area contributed by atoms with Crippen molar-refractivity contribution in [3.05, 3.63) is 0 Å². The van der Waals surface area contributed by atoms with Gasteiger partial charge in [-0.15, -0.1) is 0 Å². The minimum absolute atomic E-state index is 0.000548. The number of likely N-dealkylation sites (tertiary alicyclic amines) is 1. The first-order chi connectivity index (χ1) is 10.6. The standard InChI is InChI=1S/C18H37NO3/c1-3-5-7-8-9-10-11-12-15-17(21)18(22)16(20)14-19(15)13-6-4-2/h15-18,20-22H,3-14H2,1-2H3/t15-,16-,17?,18?/m1/s1. The van der Waals surface area contributed by atoms with Gasteiger partial charge < -0.3 is 15.3 Å². The predicted octanol–water partition coefficient (Wildman–Crippen LogP) is 2.69. The molecule has 0 aromatic carbocycles. The number of rotatable bonds is 11. The van der Waals surface area contributed by atoms with Gasteiger partial charge in [0.15, 0.2) is 0 Å². The molecule has 0 amide bonds. The topological polar surface area (TPSA) is 63.9 Å². The van der Waals surface area contributed by atoms with E-state index in [1.807, 2.05) is 0 Å². The summed E-state index contributed by atoms with van der Waals surface area (Å²) in [6.45, 7) is 5.77. The normalized spacial score (nSPS) is 29.9. The molecular weight excluding hydrogens is 278 g/mol. The second kappa shape index (κ2) is 11.4. The molecule has 1 heterocycles. The Kier molecular flexibility index (Phi) is 10.3. The highest BCUT2D eigenvalue weighted by Gasteiger charge is 2.40. The average Bonchev–Trinajstić information content (AvgIpc) is 2.51. The van der Waals surface area contributed by atoms with Crippen LogP contribution in [0.5, 0.6) is 0 Å². The smallest absolute Gasteiger partial charge is 0.108 e. The van der Waals surface area contributed by atoms with Crippen molar-refractivity contribution in [2.24, 2.45) is 0 Å². The van der Waals surface area contributed by atoms with Crippen molar-refractivity contribution in [1.29, 1.82) is 0 Å². The van der Waals surface area contributed by atoms with E-state index in [0.717, 1.165) is 32.2 Å². The van der Waals surface area contributed by atoms with Gasteiger partial charge in [0.1, 0.15) is 6.10 Å². The summed E-state index contributed by atoms with van der Waals surface area (Å²) in [7, 11) is 0. The summed E-state index contributed by atoms with van der Waals surface area (Å²) in [5.74, 6) is 0. The molecule has 0 aliphatic carbocycles. The number of hydrogen-bond acceptors (Lipinski definition) is 4. The van der Waals surface area contributed by atoms with Crippen LogP contribution in [-0.2, 0) is 0 Å². The van der Waals surface area contributed by atoms with Crippen LogP contribution in [-0.4, -0.2) is 57.7 Å². The zero-order chi connectivity index (χ0) is 16.4. The van der Waals surface area contributed by atoms with E-state index in [4.69, 9.17) is 0 Å². The van der Waals surface area contributed by atoms with Crippen molar-refractivity contribution in [1.82, 2.24) is 4.90 Å². The molecule has 1 fully saturated rings. The molecule has 1 rings (SSSR count). The van der Waals surface area contributed by atoms with Crippen LogP contribution < -0.4 is 0 Å². The summed E-state index contributed by atoms with van der Waals surface area (Å²) in [5.41, 5.74) is 0. The van der Waals surface area contributed by atoms with Gasteiger partial charge in [-0.3, -0.25) is 4.90 Å². The maximum Gasteiger partial charge on any atom is 0.108 e. The summed E-state index contributed by atoms with van der Waals surface area (Å²) in [6.07, 6.45) is 9.27. The molecule has 1 aliphatic rings. The third-order valence-corrected chi connectivity index (χ3v) is 4.93. The third-order valence-electron chi connectivity index (χ3n) is 4.93. The van der Waals surface area contributed by atoms with Crippen LogP contribution in [0.2, 0.25) is 0 Å². The fourth-order valence-corrected chi connectivity index (χ4v) is 3.44. The van der Waals surface area contributed by atoms with Crippen molar-refractivity contribution in [2.45, 2.75) is 102 Å². The molecule has 0 radical (unpaired) electrons. The lowest BCUT2D eigenvalue weighted by atomic mass is 9.90. The molecule has 2 unspecified atom stereocenters. The van der Waals surface area contributed by atoms with Crippen LogP contribution in [0, 0.1) is 0 Å². The second-order valence-corrected chi connectivity index (χ2v) is 6.87. The molecule has 1 saturated heterocycles. The van der Waals surface area contributed by atoms with Gasteiger partial charge in [-0.05, 0) is 19.4 Å². The molecule has 1 aliphatic heterocycles. The van der Waals surface area contributed by atoms with Crippen molar-refractivity contribution in [2.75, 3.05) is 13.1 Å². The van der Waals surface area contributed by atoms with Gasteiger partial charge in [0.2, 0.25) is 0 Å². The molecule has 22 heavy (non-hydrogen) atoms. The molecule has 0 aromatic rings. The highest BCUT2D eigenvalue weighted by molar-refractivity contribution is 4.94. The van der Waals surface area contributed by atoms with Crippen LogP contribution >= 0.6 is 0 Å². The predicted molar refractivity (Wildman–Crippen MR) is 90.9 cm³/mol. The first-order valence-electron chi connectivity index (χ1n) is 9.40. The van der Waals surface area contributed by atoms with Gasteiger partial charge in [0.25, 0.3) is 0 Å². The van der Waals surface area contributed by atoms with E-state index < -0.39 is 18.3 Å². The lowest BCUT2D eigenvalue weighted by Gasteiger charge is -2.44. The molecule has 3 N–H and O–H groups in total. The first kappa shape index (κ1) is 19.9. The van der Waals surface area contributed by atoms with Crippen molar-refractivity contribution in [3.8, 4) is 0 Å². The van der Waals surface area contributed by atoms with Gasteiger partial charge in [-0.25, -0.2) is 0 Å². The number of nitrogens with zero attached hydrogens (tertiary/aromatic N) is 1. The monoisotopic (exact) mass is 315 g/mol. The molecule has 0 saturated carbocycles. The van der Waals surface area contributed by atoms with Crippen molar-refractivity contribution in [3.63, 3.8) is 0 Å². The third kappa shape index (κ3) is 6.53. The minimum atomic E-state index is -0.993. The van der Waals surface area contributed by atoms with E-state index in [1.165, 1.54) is 38.5 Å². The number of β-amino-alcohol motifs (C(OH)–C–C–N with tert-alkyl or cyclic N) is 1. The summed E-state index contributed by atoms with van der Waals surface area (Å²) in [5, 5.41) is 30.1. The number of unbranched alkanes of at least 4 members (excludes halogenated alkanes) is 7. The van der Waals surface area contributed by atoms with Crippen LogP contribution in [0.3, 0.4) is 0 Å². The van der Waals surface area contributed by atoms with Gasteiger partial charge in [-0.2, -0.15) is 0 Å². The zero-order valence-corrected chi connectivity index (χ0v) is 14.6. The fraction of sp³-hybridized carbons (Fsp3) is 1.00. The SMILES string of the molecule is CCCCCCCCC[C@@H]1C(O)C(O)[C@H](O)CN1CCCC. The van der Waals surface area contributed by atoms with E-state index in [9.17, 15) is 15.3 Å². The Bertz CT molecular complexity index is 275. The lowest BCUT2D eigenvalue weighted by Crippen LogP contribution is -2.61. The Morgan fingerprint density at radius 2 is 1.36 bits per heavy atom. The fourth-order valence-electron chi connectivity index (χ4n) is 3.44. The molecule has 0 aromatic heterocycles. The highest BCUT2D eigenvalue weighted by atomic mass is 16.4. The van der Waals surface area contributed by atoms with Crippen molar-refractivity contribution >= 4 is 0 Å². The molecular formula is C18H37NO3. The number of aliphatic hydroxyl groups excluding tert-OH is 3. The van der Waals surface area contributed by atoms with E-state index in [0.29, 0.717) is 6.54 Å². The Morgan fingerprint density at radius 1 is 0.773 bits per heavy atom. The van der Waals surface area contributed by atoms with Gasteiger partial charge in [-0.1, -0.05) is 65.2 Å². The Balaban J connectivity index is 2.34. The lowest BCUT2D eigenvalue weighted by molar-refractivity contribution is -0.138. The summed E-state index contributed by atoms with van der Waals surface area (Å²) >= 11 is 0. The van der Waals surface area contributed by atoms with E-state index >= 15 is 0 Å². The maximum absolute atomic E-state index is 10.3. The molecule has 0 bridgehead atoms. The van der Waals surface area contributed by atoms with Crippen LogP contribution in [0.1, 0.15) is 78.1 Å². The van der Waals surface area contributed by atoms with Crippen LogP contribution in [0.25, 0.3) is 0 Å². The molecule has 132 valence electrons. The maximum atomic E-state index is 10.3. The minimum Gasteiger partial charge on any atom is -0.389 e. The Morgan fingerprint density at radius 3 is 2.00 bits per heavy atom. The number of hydrogen-bond donors (Lipinski definition) is 3. The largest absolute Gasteiger partial charge is 0.389 e. The number of piperidine rings is 1. The second-order valence-electron chi connectivity index (χ2n) is 6.87. The van der Waals surface area contributed by atoms with E-state index in [-0.39, 0.29) is 6.04 Å². The Labute approximate surface area is 136 Å². The van der Waals surface area contributed by atoms with E-state index in [2.05, 4.69) is 18.7 Å². The molecule has 4 nitrogen and oxygen atoms in total. The highest BCUT2D eigenvalue weighted by Crippen LogP contribution is 2.24. The van der Waals surface area contributed by atoms with Crippen molar-refractivity contribution < 1.29 is 15.3 Å². The zero-order valence-electron chi connectivity index (χ0n) is 14.6. The van der Waals surface area contributed by atoms with Crippen LogP contribution in [0.4, 0.5) is 0 Å². The van der Waals surface area contributed by atoms with Gasteiger partial charge in [0, 0.05) is 12.6 Å². The van der Waals surface area contributed by atoms with Gasteiger partial charge in [0.05, 0.1) is 12.2 Å². The first-order valence-corrected chi connectivity index (χ1v) is 9.40.